The molecule has 2 aliphatic heterocycles. The molecule has 1 aromatic heterocycles. The van der Waals surface area contributed by atoms with E-state index < -0.39 is 0 Å². The van der Waals surface area contributed by atoms with Gasteiger partial charge in [0.25, 0.3) is 0 Å². The van der Waals surface area contributed by atoms with Crippen LogP contribution in [0.4, 0.5) is 0 Å². The van der Waals surface area contributed by atoms with Gasteiger partial charge in [0.1, 0.15) is 0 Å². The molecule has 3 heterocycles. The van der Waals surface area contributed by atoms with E-state index in [0.717, 1.165) is 12.5 Å². The Balaban J connectivity index is 1.28. The first-order valence-corrected chi connectivity index (χ1v) is 11.9. The number of rotatable bonds is 5. The second-order valence-electron chi connectivity index (χ2n) is 8.63. The molecule has 0 unspecified atom stereocenters. The van der Waals surface area contributed by atoms with Crippen LogP contribution in [-0.2, 0) is 6.54 Å². The molecule has 0 saturated carbocycles. The molecule has 0 radical (unpaired) electrons. The van der Waals surface area contributed by atoms with Crippen LogP contribution in [0.5, 0.6) is 0 Å². The van der Waals surface area contributed by atoms with Gasteiger partial charge in [-0.05, 0) is 65.4 Å². The highest BCUT2D eigenvalue weighted by atomic mass is 32.1. The van der Waals surface area contributed by atoms with Crippen LogP contribution < -0.4 is 0 Å². The summed E-state index contributed by atoms with van der Waals surface area (Å²) in [4.78, 5) is 5.47. The maximum absolute atomic E-state index is 2.80. The zero-order valence-corrected chi connectivity index (χ0v) is 17.8. The van der Waals surface area contributed by atoms with E-state index in [4.69, 9.17) is 0 Å². The molecule has 3 heteroatoms. The van der Waals surface area contributed by atoms with E-state index in [-0.39, 0.29) is 0 Å². The van der Waals surface area contributed by atoms with Crippen molar-refractivity contribution in [1.29, 1.82) is 0 Å². The lowest BCUT2D eigenvalue weighted by Crippen LogP contribution is -2.44. The van der Waals surface area contributed by atoms with Crippen LogP contribution in [0.25, 0.3) is 0 Å². The summed E-state index contributed by atoms with van der Waals surface area (Å²) in [7, 11) is 0. The van der Waals surface area contributed by atoms with Crippen molar-refractivity contribution in [2.75, 3.05) is 26.2 Å². The Hall–Kier alpha value is -1.94. The molecule has 0 spiro atoms. The highest BCUT2D eigenvalue weighted by molar-refractivity contribution is 7.08. The van der Waals surface area contributed by atoms with Gasteiger partial charge >= 0.3 is 0 Å². The molecule has 5 rings (SSSR count). The van der Waals surface area contributed by atoms with Crippen molar-refractivity contribution in [3.05, 3.63) is 94.2 Å². The van der Waals surface area contributed by atoms with Crippen LogP contribution in [0.2, 0.25) is 0 Å². The first-order valence-electron chi connectivity index (χ1n) is 10.9. The molecular weight excluding hydrogens is 372 g/mol. The summed E-state index contributed by atoms with van der Waals surface area (Å²) >= 11 is 1.84. The quantitative estimate of drug-likeness (QED) is 0.548. The fourth-order valence-corrected chi connectivity index (χ4v) is 6.03. The molecule has 29 heavy (non-hydrogen) atoms. The molecule has 2 saturated heterocycles. The maximum atomic E-state index is 2.80. The summed E-state index contributed by atoms with van der Waals surface area (Å²) < 4.78 is 0. The molecule has 0 aliphatic carbocycles. The van der Waals surface area contributed by atoms with Crippen LogP contribution in [0.1, 0.15) is 41.4 Å². The lowest BCUT2D eigenvalue weighted by molar-refractivity contribution is 0.143. The van der Waals surface area contributed by atoms with Crippen molar-refractivity contribution in [1.82, 2.24) is 9.80 Å². The normalized spacial score (nSPS) is 24.1. The highest BCUT2D eigenvalue weighted by Crippen LogP contribution is 2.36. The van der Waals surface area contributed by atoms with E-state index in [1.54, 1.807) is 5.56 Å². The van der Waals surface area contributed by atoms with Crippen LogP contribution >= 0.6 is 11.3 Å². The molecule has 2 atom stereocenters. The summed E-state index contributed by atoms with van der Waals surface area (Å²) in [6, 6.07) is 25.1. The van der Waals surface area contributed by atoms with Gasteiger partial charge in [-0.1, -0.05) is 60.7 Å². The van der Waals surface area contributed by atoms with E-state index in [0.29, 0.717) is 12.0 Å². The number of piperidine rings is 1. The number of hydrogen-bond donors (Lipinski definition) is 0. The fraction of sp³-hybridized carbons (Fsp3) is 0.385. The van der Waals surface area contributed by atoms with Crippen molar-refractivity contribution in [2.24, 2.45) is 0 Å². The molecule has 2 nitrogen and oxygen atoms in total. The van der Waals surface area contributed by atoms with Crippen LogP contribution in [-0.4, -0.2) is 42.0 Å². The Morgan fingerprint density at radius 2 is 1.52 bits per heavy atom. The van der Waals surface area contributed by atoms with Crippen molar-refractivity contribution in [3.8, 4) is 0 Å². The predicted molar refractivity (Wildman–Crippen MR) is 123 cm³/mol. The van der Waals surface area contributed by atoms with Gasteiger partial charge < -0.3 is 0 Å². The van der Waals surface area contributed by atoms with E-state index >= 15 is 0 Å². The Labute approximate surface area is 178 Å². The molecule has 0 amide bonds. The molecule has 0 N–H and O–H groups in total. The maximum Gasteiger partial charge on any atom is 0.0304 e. The summed E-state index contributed by atoms with van der Waals surface area (Å²) in [5, 5.41) is 4.62. The lowest BCUT2D eigenvalue weighted by atomic mass is 9.87. The summed E-state index contributed by atoms with van der Waals surface area (Å²) in [6.07, 6.45) is 2.57. The van der Waals surface area contributed by atoms with Gasteiger partial charge in [0, 0.05) is 31.6 Å². The minimum atomic E-state index is 0.637. The predicted octanol–water partition coefficient (Wildman–Crippen LogP) is 5.60. The van der Waals surface area contributed by atoms with Crippen LogP contribution in [0.3, 0.4) is 0 Å². The zero-order valence-electron chi connectivity index (χ0n) is 17.0. The molecule has 2 fully saturated rings. The fourth-order valence-electron chi connectivity index (χ4n) is 5.31. The number of thiophene rings is 1. The van der Waals surface area contributed by atoms with Gasteiger partial charge in [-0.2, -0.15) is 11.3 Å². The van der Waals surface area contributed by atoms with E-state index in [1.165, 1.54) is 50.1 Å². The number of nitrogens with zero attached hydrogens (tertiary/aromatic N) is 2. The minimum Gasteiger partial charge on any atom is -0.298 e. The molecule has 3 aromatic rings. The van der Waals surface area contributed by atoms with Crippen LogP contribution in [0.15, 0.2) is 77.5 Å². The van der Waals surface area contributed by atoms with Crippen LogP contribution in [0, 0.1) is 0 Å². The molecule has 150 valence electrons. The second-order valence-corrected chi connectivity index (χ2v) is 9.41. The largest absolute Gasteiger partial charge is 0.298 e. The average molecular weight is 403 g/mol. The van der Waals surface area contributed by atoms with E-state index in [2.05, 4.69) is 87.3 Å². The van der Waals surface area contributed by atoms with E-state index in [9.17, 15) is 0 Å². The first-order chi connectivity index (χ1) is 14.4. The first kappa shape index (κ1) is 19.0. The van der Waals surface area contributed by atoms with Gasteiger partial charge in [0.2, 0.25) is 0 Å². The summed E-state index contributed by atoms with van der Waals surface area (Å²) in [6.45, 7) is 5.88. The second kappa shape index (κ2) is 8.83. The van der Waals surface area contributed by atoms with Gasteiger partial charge in [-0.25, -0.2) is 0 Å². The summed E-state index contributed by atoms with van der Waals surface area (Å²) in [5.41, 5.74) is 4.50. The molecule has 0 bridgehead atoms. The Morgan fingerprint density at radius 1 is 0.793 bits per heavy atom. The van der Waals surface area contributed by atoms with Gasteiger partial charge in [0.15, 0.2) is 0 Å². The Bertz CT molecular complexity index is 870. The van der Waals surface area contributed by atoms with Crippen molar-refractivity contribution in [2.45, 2.75) is 37.3 Å². The highest BCUT2D eigenvalue weighted by Gasteiger charge is 2.38. The topological polar surface area (TPSA) is 6.48 Å². The van der Waals surface area contributed by atoms with E-state index in [1.807, 2.05) is 11.3 Å². The average Bonchev–Trinajstić information content (AvgIpc) is 3.45. The smallest absolute Gasteiger partial charge is 0.0304 e. The molecule has 2 aromatic carbocycles. The zero-order chi connectivity index (χ0) is 19.5. The Morgan fingerprint density at radius 3 is 2.21 bits per heavy atom. The van der Waals surface area contributed by atoms with Crippen molar-refractivity contribution in [3.63, 3.8) is 0 Å². The van der Waals surface area contributed by atoms with Crippen molar-refractivity contribution >= 4 is 11.3 Å². The van der Waals surface area contributed by atoms with Gasteiger partial charge in [-0.3, -0.25) is 9.80 Å². The SMILES string of the molecule is c1ccc(CN2C[C@@H](N3CCC(c4ccccc4)CC3)[C@H](c3ccsc3)C2)cc1. The lowest BCUT2D eigenvalue weighted by Gasteiger charge is -2.38. The third-order valence-electron chi connectivity index (χ3n) is 6.85. The number of likely N-dealkylation sites (tertiary alicyclic amines) is 2. The molecule has 2 aliphatic rings. The molecular formula is C26H30N2S. The monoisotopic (exact) mass is 402 g/mol. The third-order valence-corrected chi connectivity index (χ3v) is 7.56. The summed E-state index contributed by atoms with van der Waals surface area (Å²) in [5.74, 6) is 1.37. The van der Waals surface area contributed by atoms with Crippen molar-refractivity contribution < 1.29 is 0 Å². The van der Waals surface area contributed by atoms with Gasteiger partial charge in [-0.15, -0.1) is 0 Å². The Kier molecular flexibility index (Phi) is 5.80. The third kappa shape index (κ3) is 4.32. The standard InChI is InChI=1S/C26H30N2S/c1-3-7-21(8-4-1)17-27-18-25(24-13-16-29-20-24)26(19-27)28-14-11-23(12-15-28)22-9-5-2-6-10-22/h1-10,13,16,20,23,25-26H,11-12,14-15,17-19H2/t25-,26+/m0/s1. The minimum absolute atomic E-state index is 0.637. The number of hydrogen-bond acceptors (Lipinski definition) is 3. The number of benzene rings is 2. The van der Waals surface area contributed by atoms with Gasteiger partial charge in [0.05, 0.1) is 0 Å².